The van der Waals surface area contributed by atoms with Gasteiger partial charge in [0.25, 0.3) is 0 Å². The SMILES string of the molecule is Cc1ncoc1-c1nnc(SCCCN2C[C@H]3CCN(c4ccc(C(F)(F)F)cc4)[C@H]3C2)n1C.Cl.Cl. The van der Waals surface area contributed by atoms with E-state index in [-0.39, 0.29) is 24.8 Å². The van der Waals surface area contributed by atoms with E-state index >= 15 is 0 Å². The van der Waals surface area contributed by atoms with E-state index in [9.17, 15) is 13.2 Å². The van der Waals surface area contributed by atoms with Crippen LogP contribution in [-0.4, -0.2) is 62.6 Å². The Balaban J connectivity index is 0.00000180. The second kappa shape index (κ2) is 11.6. The number of nitrogens with zero attached hydrogens (tertiary/aromatic N) is 6. The maximum absolute atomic E-state index is 12.9. The number of aromatic nitrogens is 4. The number of likely N-dealkylation sites (tertiary alicyclic amines) is 1. The van der Waals surface area contributed by atoms with Crippen molar-refractivity contribution in [2.24, 2.45) is 13.0 Å². The van der Waals surface area contributed by atoms with Gasteiger partial charge in [0.1, 0.15) is 0 Å². The highest BCUT2D eigenvalue weighted by Crippen LogP contribution is 2.37. The Kier molecular flexibility index (Phi) is 9.24. The van der Waals surface area contributed by atoms with Crippen LogP contribution in [0.2, 0.25) is 0 Å². The highest BCUT2D eigenvalue weighted by Gasteiger charge is 2.41. The first-order chi connectivity index (χ1) is 16.3. The number of rotatable bonds is 7. The summed E-state index contributed by atoms with van der Waals surface area (Å²) in [5.74, 6) is 2.81. The molecule has 0 spiro atoms. The summed E-state index contributed by atoms with van der Waals surface area (Å²) in [6.45, 7) is 5.78. The number of benzene rings is 1. The summed E-state index contributed by atoms with van der Waals surface area (Å²) in [6, 6.07) is 5.97. The fraction of sp³-hybridized carbons (Fsp3) is 0.522. The molecule has 7 nitrogen and oxygen atoms in total. The van der Waals surface area contributed by atoms with E-state index in [1.165, 1.54) is 18.5 Å². The lowest BCUT2D eigenvalue weighted by Crippen LogP contribution is -2.35. The van der Waals surface area contributed by atoms with Crippen LogP contribution in [0.1, 0.15) is 24.1 Å². The van der Waals surface area contributed by atoms with Crippen LogP contribution >= 0.6 is 36.6 Å². The van der Waals surface area contributed by atoms with Crippen molar-refractivity contribution in [3.8, 4) is 11.6 Å². The number of halogens is 5. The number of alkyl halides is 3. The Morgan fingerprint density at radius 1 is 1.11 bits per heavy atom. The molecule has 5 rings (SSSR count). The van der Waals surface area contributed by atoms with Crippen LogP contribution < -0.4 is 4.90 Å². The van der Waals surface area contributed by atoms with E-state index in [4.69, 9.17) is 4.42 Å². The van der Waals surface area contributed by atoms with Gasteiger partial charge < -0.3 is 18.8 Å². The molecule has 0 amide bonds. The standard InChI is InChI=1S/C23H27F3N6OS.2ClH/c1-15-20(33-14-27-15)21-28-29-22(30(21)2)34-11-3-9-31-12-16-8-10-32(19(16)13-31)18-6-4-17(5-7-18)23(24,25)26;;/h4-7,14,16,19H,3,8-13H2,1-2H3;2*1H/t16-,19+;;/m1../s1. The van der Waals surface area contributed by atoms with E-state index in [0.29, 0.717) is 23.5 Å². The molecule has 2 aliphatic heterocycles. The van der Waals surface area contributed by atoms with Crippen LogP contribution in [0.3, 0.4) is 0 Å². The van der Waals surface area contributed by atoms with Gasteiger partial charge in [-0.3, -0.25) is 0 Å². The predicted molar refractivity (Wildman–Crippen MR) is 138 cm³/mol. The smallest absolute Gasteiger partial charge is 0.416 e. The molecule has 0 unspecified atom stereocenters. The average molecular weight is 565 g/mol. The van der Waals surface area contributed by atoms with Gasteiger partial charge in [-0.25, -0.2) is 4.98 Å². The monoisotopic (exact) mass is 564 g/mol. The molecule has 13 heteroatoms. The molecular formula is C23H29Cl2F3N6OS. The highest BCUT2D eigenvalue weighted by molar-refractivity contribution is 7.99. The molecule has 2 fully saturated rings. The van der Waals surface area contributed by atoms with Gasteiger partial charge in [0, 0.05) is 44.2 Å². The minimum Gasteiger partial charge on any atom is -0.440 e. The molecule has 2 saturated heterocycles. The van der Waals surface area contributed by atoms with Gasteiger partial charge in [-0.05, 0) is 56.5 Å². The second-order valence-electron chi connectivity index (χ2n) is 8.95. The third kappa shape index (κ3) is 5.79. The molecule has 36 heavy (non-hydrogen) atoms. The van der Waals surface area contributed by atoms with Crippen LogP contribution in [0.15, 0.2) is 40.2 Å². The molecule has 2 aromatic heterocycles. The van der Waals surface area contributed by atoms with E-state index < -0.39 is 11.7 Å². The van der Waals surface area contributed by atoms with Gasteiger partial charge in [-0.2, -0.15) is 13.2 Å². The van der Waals surface area contributed by atoms with Gasteiger partial charge in [-0.15, -0.1) is 35.0 Å². The van der Waals surface area contributed by atoms with Crippen LogP contribution in [0, 0.1) is 12.8 Å². The molecule has 3 aromatic rings. The molecule has 0 N–H and O–H groups in total. The first kappa shape index (κ1) is 28.6. The summed E-state index contributed by atoms with van der Waals surface area (Å²) in [5, 5.41) is 9.39. The van der Waals surface area contributed by atoms with Crippen LogP contribution in [0.5, 0.6) is 0 Å². The van der Waals surface area contributed by atoms with E-state index in [2.05, 4.69) is 25.0 Å². The molecule has 2 atom stereocenters. The van der Waals surface area contributed by atoms with Crippen molar-refractivity contribution in [1.29, 1.82) is 0 Å². The lowest BCUT2D eigenvalue weighted by Gasteiger charge is -2.27. The summed E-state index contributed by atoms with van der Waals surface area (Å²) in [5.41, 5.74) is 1.08. The number of aryl methyl sites for hydroxylation is 1. The lowest BCUT2D eigenvalue weighted by atomic mass is 10.0. The van der Waals surface area contributed by atoms with Crippen molar-refractivity contribution >= 4 is 42.3 Å². The Hall–Kier alpha value is -1.95. The first-order valence-electron chi connectivity index (χ1n) is 11.4. The van der Waals surface area contributed by atoms with Gasteiger partial charge >= 0.3 is 6.18 Å². The third-order valence-corrected chi connectivity index (χ3v) is 7.89. The Labute approximate surface area is 224 Å². The van der Waals surface area contributed by atoms with Crippen molar-refractivity contribution in [3.05, 3.63) is 41.9 Å². The molecule has 198 valence electrons. The van der Waals surface area contributed by atoms with Crippen molar-refractivity contribution in [2.75, 3.05) is 36.8 Å². The van der Waals surface area contributed by atoms with E-state index in [1.54, 1.807) is 23.9 Å². The Bertz CT molecular complexity index is 1140. The van der Waals surface area contributed by atoms with Gasteiger partial charge in [0.15, 0.2) is 17.3 Å². The lowest BCUT2D eigenvalue weighted by molar-refractivity contribution is -0.137. The zero-order valence-corrected chi connectivity index (χ0v) is 22.4. The number of hydrogen-bond acceptors (Lipinski definition) is 7. The predicted octanol–water partition coefficient (Wildman–Crippen LogP) is 5.33. The van der Waals surface area contributed by atoms with Gasteiger partial charge in [0.2, 0.25) is 5.82 Å². The first-order valence-corrected chi connectivity index (χ1v) is 12.4. The van der Waals surface area contributed by atoms with Gasteiger partial charge in [0.05, 0.1) is 11.3 Å². The maximum atomic E-state index is 12.9. The summed E-state index contributed by atoms with van der Waals surface area (Å²) < 4.78 is 46.0. The zero-order chi connectivity index (χ0) is 23.9. The Morgan fingerprint density at radius 2 is 1.86 bits per heavy atom. The van der Waals surface area contributed by atoms with E-state index in [0.717, 1.165) is 61.3 Å². The fourth-order valence-corrected chi connectivity index (χ4v) is 5.84. The normalized spacial score (nSPS) is 19.8. The summed E-state index contributed by atoms with van der Waals surface area (Å²) in [7, 11) is 1.93. The highest BCUT2D eigenvalue weighted by atomic mass is 35.5. The molecule has 4 heterocycles. The molecule has 0 bridgehead atoms. The summed E-state index contributed by atoms with van der Waals surface area (Å²) in [4.78, 5) is 8.88. The van der Waals surface area contributed by atoms with Crippen molar-refractivity contribution < 1.29 is 17.6 Å². The van der Waals surface area contributed by atoms with E-state index in [1.807, 2.05) is 18.5 Å². The fourth-order valence-electron chi connectivity index (χ4n) is 5.00. The van der Waals surface area contributed by atoms with Crippen LogP contribution in [0.4, 0.5) is 18.9 Å². The zero-order valence-electron chi connectivity index (χ0n) is 19.9. The number of oxazole rings is 1. The third-order valence-electron chi connectivity index (χ3n) is 6.78. The minimum atomic E-state index is -4.30. The molecule has 2 aliphatic rings. The van der Waals surface area contributed by atoms with Crippen LogP contribution in [0.25, 0.3) is 11.6 Å². The quantitative estimate of drug-likeness (QED) is 0.283. The molecule has 0 radical (unpaired) electrons. The van der Waals surface area contributed by atoms with Crippen LogP contribution in [-0.2, 0) is 13.2 Å². The molecule has 1 aromatic carbocycles. The summed E-state index contributed by atoms with van der Waals surface area (Å²) >= 11 is 1.67. The minimum absolute atomic E-state index is 0. The number of thioether (sulfide) groups is 1. The largest absolute Gasteiger partial charge is 0.440 e. The number of fused-ring (bicyclic) bond motifs is 1. The second-order valence-corrected chi connectivity index (χ2v) is 10.0. The van der Waals surface area contributed by atoms with Crippen molar-refractivity contribution in [2.45, 2.75) is 37.1 Å². The Morgan fingerprint density at radius 3 is 2.53 bits per heavy atom. The number of hydrogen-bond donors (Lipinski definition) is 0. The topological polar surface area (TPSA) is 63.2 Å². The van der Waals surface area contributed by atoms with Crippen molar-refractivity contribution in [1.82, 2.24) is 24.6 Å². The summed E-state index contributed by atoms with van der Waals surface area (Å²) in [6.07, 6.45) is -0.778. The molecule has 0 aliphatic carbocycles. The maximum Gasteiger partial charge on any atom is 0.416 e. The molecular weight excluding hydrogens is 536 g/mol. The number of anilines is 1. The average Bonchev–Trinajstić information content (AvgIpc) is 3.56. The molecule has 0 saturated carbocycles. The van der Waals surface area contributed by atoms with Crippen molar-refractivity contribution in [3.63, 3.8) is 0 Å². The van der Waals surface area contributed by atoms with Gasteiger partial charge in [-0.1, -0.05) is 11.8 Å².